The van der Waals surface area contributed by atoms with Crippen LogP contribution in [0.3, 0.4) is 0 Å². The first-order chi connectivity index (χ1) is 10.3. The summed E-state index contributed by atoms with van der Waals surface area (Å²) in [5.41, 5.74) is 8.14. The highest BCUT2D eigenvalue weighted by molar-refractivity contribution is 8.93. The zero-order valence-corrected chi connectivity index (χ0v) is 13.9. The molecule has 2 aromatic carbocycles. The molecule has 0 aliphatic rings. The van der Waals surface area contributed by atoms with Crippen LogP contribution in [0, 0.1) is 11.3 Å². The molecule has 0 amide bonds. The van der Waals surface area contributed by atoms with Crippen molar-refractivity contribution in [3.63, 3.8) is 0 Å². The fraction of sp³-hybridized carbons (Fsp3) is 0.167. The summed E-state index contributed by atoms with van der Waals surface area (Å²) in [6.07, 6.45) is 6.09. The molecule has 0 aliphatic heterocycles. The van der Waals surface area contributed by atoms with Crippen molar-refractivity contribution in [2.24, 2.45) is 0 Å². The van der Waals surface area contributed by atoms with E-state index in [0.29, 0.717) is 12.2 Å². The van der Waals surface area contributed by atoms with Gasteiger partial charge in [0.1, 0.15) is 5.75 Å². The molecule has 2 rings (SSSR count). The predicted octanol–water partition coefficient (Wildman–Crippen LogP) is 4.59. The van der Waals surface area contributed by atoms with Crippen LogP contribution in [0.15, 0.2) is 54.6 Å². The summed E-state index contributed by atoms with van der Waals surface area (Å²) in [5.74, 6) is 0.847. The van der Waals surface area contributed by atoms with Crippen molar-refractivity contribution >= 4 is 28.7 Å². The molecule has 4 heteroatoms. The molecule has 3 nitrogen and oxygen atoms in total. The SMILES string of the molecule is Br.N#Cc1ccc(/C=C/CCCOc2ccc(N)cc2)cc1. The van der Waals surface area contributed by atoms with E-state index < -0.39 is 0 Å². The van der Waals surface area contributed by atoms with E-state index in [4.69, 9.17) is 15.7 Å². The van der Waals surface area contributed by atoms with Crippen molar-refractivity contribution in [1.29, 1.82) is 5.26 Å². The van der Waals surface area contributed by atoms with Gasteiger partial charge in [-0.15, -0.1) is 17.0 Å². The molecule has 2 N–H and O–H groups in total. The zero-order chi connectivity index (χ0) is 14.9. The topological polar surface area (TPSA) is 59.0 Å². The van der Waals surface area contributed by atoms with Gasteiger partial charge in [-0.1, -0.05) is 24.3 Å². The van der Waals surface area contributed by atoms with E-state index in [9.17, 15) is 0 Å². The predicted molar refractivity (Wildman–Crippen MR) is 96.1 cm³/mol. The van der Waals surface area contributed by atoms with Gasteiger partial charge < -0.3 is 10.5 Å². The molecular formula is C18H19BrN2O. The van der Waals surface area contributed by atoms with Crippen molar-refractivity contribution in [1.82, 2.24) is 0 Å². The molecule has 0 aliphatic carbocycles. The van der Waals surface area contributed by atoms with Crippen LogP contribution in [0.1, 0.15) is 24.0 Å². The summed E-state index contributed by atoms with van der Waals surface area (Å²) >= 11 is 0. The van der Waals surface area contributed by atoms with Gasteiger partial charge in [0.25, 0.3) is 0 Å². The summed E-state index contributed by atoms with van der Waals surface area (Å²) in [6.45, 7) is 0.682. The lowest BCUT2D eigenvalue weighted by atomic mass is 10.1. The largest absolute Gasteiger partial charge is 0.494 e. The second-order valence-electron chi connectivity index (χ2n) is 4.70. The lowest BCUT2D eigenvalue weighted by Crippen LogP contribution is -1.96. The number of nitriles is 1. The van der Waals surface area contributed by atoms with Crippen molar-refractivity contribution in [3.05, 3.63) is 65.7 Å². The molecule has 0 atom stereocenters. The van der Waals surface area contributed by atoms with Crippen LogP contribution in [0.5, 0.6) is 5.75 Å². The Morgan fingerprint density at radius 1 is 1.05 bits per heavy atom. The monoisotopic (exact) mass is 358 g/mol. The number of benzene rings is 2. The number of unbranched alkanes of at least 4 members (excludes halogenated alkanes) is 1. The molecule has 0 radical (unpaired) electrons. The van der Waals surface area contributed by atoms with Crippen molar-refractivity contribution in [2.75, 3.05) is 12.3 Å². The lowest BCUT2D eigenvalue weighted by molar-refractivity contribution is 0.312. The minimum absolute atomic E-state index is 0. The normalized spacial score (nSPS) is 9.95. The number of ether oxygens (including phenoxy) is 1. The number of hydrogen-bond donors (Lipinski definition) is 1. The van der Waals surface area contributed by atoms with E-state index in [1.807, 2.05) is 48.5 Å². The van der Waals surface area contributed by atoms with E-state index in [2.05, 4.69) is 18.2 Å². The average Bonchev–Trinajstić information content (AvgIpc) is 2.53. The molecule has 0 aromatic heterocycles. The Morgan fingerprint density at radius 3 is 2.36 bits per heavy atom. The molecule has 0 heterocycles. The number of halogens is 1. The quantitative estimate of drug-likeness (QED) is 0.606. The van der Waals surface area contributed by atoms with Gasteiger partial charge in [0.05, 0.1) is 18.2 Å². The minimum atomic E-state index is 0. The third-order valence-corrected chi connectivity index (χ3v) is 3.01. The first-order valence-electron chi connectivity index (χ1n) is 6.93. The third-order valence-electron chi connectivity index (χ3n) is 3.01. The maximum Gasteiger partial charge on any atom is 0.119 e. The summed E-state index contributed by atoms with van der Waals surface area (Å²) < 4.78 is 5.62. The van der Waals surface area contributed by atoms with Crippen molar-refractivity contribution in [3.8, 4) is 11.8 Å². The van der Waals surface area contributed by atoms with Gasteiger partial charge in [0.2, 0.25) is 0 Å². The fourth-order valence-corrected chi connectivity index (χ4v) is 1.84. The Bertz CT molecular complexity index is 628. The number of nitrogens with zero attached hydrogens (tertiary/aromatic N) is 1. The van der Waals surface area contributed by atoms with Crippen LogP contribution in [-0.4, -0.2) is 6.61 Å². The van der Waals surface area contributed by atoms with Crippen LogP contribution < -0.4 is 10.5 Å². The maximum atomic E-state index is 8.72. The van der Waals surface area contributed by atoms with Crippen molar-refractivity contribution < 1.29 is 4.74 Å². The third kappa shape index (κ3) is 6.02. The highest BCUT2D eigenvalue weighted by Gasteiger charge is 1.93. The Balaban J connectivity index is 0.00000242. The van der Waals surface area contributed by atoms with Gasteiger partial charge in [0.15, 0.2) is 0 Å². The van der Waals surface area contributed by atoms with Crippen LogP contribution in [0.25, 0.3) is 6.08 Å². The summed E-state index contributed by atoms with van der Waals surface area (Å²) in [7, 11) is 0. The van der Waals surface area contributed by atoms with E-state index in [1.165, 1.54) is 0 Å². The molecule has 22 heavy (non-hydrogen) atoms. The molecule has 114 valence electrons. The molecule has 0 fully saturated rings. The molecule has 0 bridgehead atoms. The fourth-order valence-electron chi connectivity index (χ4n) is 1.84. The smallest absolute Gasteiger partial charge is 0.119 e. The van der Waals surface area contributed by atoms with Crippen LogP contribution in [0.2, 0.25) is 0 Å². The van der Waals surface area contributed by atoms with Crippen LogP contribution in [0.4, 0.5) is 5.69 Å². The highest BCUT2D eigenvalue weighted by Crippen LogP contribution is 2.13. The van der Waals surface area contributed by atoms with Gasteiger partial charge in [-0.3, -0.25) is 0 Å². The molecule has 0 saturated carbocycles. The molecule has 0 spiro atoms. The first kappa shape index (κ1) is 17.8. The molecule has 0 saturated heterocycles. The summed E-state index contributed by atoms with van der Waals surface area (Å²) in [4.78, 5) is 0. The number of nitrogens with two attached hydrogens (primary N) is 1. The van der Waals surface area contributed by atoms with Crippen LogP contribution >= 0.6 is 17.0 Å². The second-order valence-corrected chi connectivity index (χ2v) is 4.70. The number of rotatable bonds is 6. The van der Waals surface area contributed by atoms with E-state index >= 15 is 0 Å². The van der Waals surface area contributed by atoms with E-state index in [1.54, 1.807) is 0 Å². The summed E-state index contributed by atoms with van der Waals surface area (Å²) in [6, 6.07) is 17.1. The number of hydrogen-bond acceptors (Lipinski definition) is 3. The van der Waals surface area contributed by atoms with E-state index in [0.717, 1.165) is 29.8 Å². The van der Waals surface area contributed by atoms with Gasteiger partial charge in [-0.05, 0) is 54.8 Å². The number of anilines is 1. The lowest BCUT2D eigenvalue weighted by Gasteiger charge is -2.04. The Kier molecular flexibility index (Phi) is 7.80. The van der Waals surface area contributed by atoms with Gasteiger partial charge in [-0.25, -0.2) is 0 Å². The summed E-state index contributed by atoms with van der Waals surface area (Å²) in [5, 5.41) is 8.72. The highest BCUT2D eigenvalue weighted by atomic mass is 79.9. The maximum absolute atomic E-state index is 8.72. The zero-order valence-electron chi connectivity index (χ0n) is 12.2. The second kappa shape index (κ2) is 9.64. The molecular weight excluding hydrogens is 340 g/mol. The Labute approximate surface area is 141 Å². The standard InChI is InChI=1S/C18H18N2O.BrH/c19-14-16-7-5-15(6-8-16)4-2-1-3-13-21-18-11-9-17(20)10-12-18;/h2,4-12H,1,3,13,20H2;1H/b4-2+;. The molecule has 2 aromatic rings. The van der Waals surface area contributed by atoms with Gasteiger partial charge in [0, 0.05) is 5.69 Å². The Morgan fingerprint density at radius 2 is 1.73 bits per heavy atom. The van der Waals surface area contributed by atoms with E-state index in [-0.39, 0.29) is 17.0 Å². The van der Waals surface area contributed by atoms with Crippen molar-refractivity contribution in [2.45, 2.75) is 12.8 Å². The number of allylic oxidation sites excluding steroid dienone is 1. The first-order valence-corrected chi connectivity index (χ1v) is 6.93. The average molecular weight is 359 g/mol. The van der Waals surface area contributed by atoms with Gasteiger partial charge >= 0.3 is 0 Å². The minimum Gasteiger partial charge on any atom is -0.494 e. The number of nitrogen functional groups attached to an aromatic ring is 1. The Hall–Kier alpha value is -2.25. The van der Waals surface area contributed by atoms with Crippen LogP contribution in [-0.2, 0) is 0 Å². The molecule has 0 unspecified atom stereocenters. The van der Waals surface area contributed by atoms with Gasteiger partial charge in [-0.2, -0.15) is 5.26 Å².